The lowest BCUT2D eigenvalue weighted by atomic mass is 9.89. The van der Waals surface area contributed by atoms with Gasteiger partial charge in [-0.2, -0.15) is 0 Å². The van der Waals surface area contributed by atoms with E-state index in [1.807, 2.05) is 27.7 Å². The molecule has 20 heavy (non-hydrogen) atoms. The highest BCUT2D eigenvalue weighted by atomic mass is 35.5. The molecule has 0 saturated heterocycles. The van der Waals surface area contributed by atoms with Gasteiger partial charge in [0.25, 0.3) is 0 Å². The predicted octanol–water partition coefficient (Wildman–Crippen LogP) is 3.97. The smallest absolute Gasteiger partial charge is 0.230 e. The molecule has 0 aliphatic heterocycles. The van der Waals surface area contributed by atoms with Crippen molar-refractivity contribution in [1.29, 1.82) is 0 Å². The predicted molar refractivity (Wildman–Crippen MR) is 78.0 cm³/mol. The van der Waals surface area contributed by atoms with Crippen LogP contribution in [0.3, 0.4) is 0 Å². The molecule has 1 aromatic rings. The van der Waals surface area contributed by atoms with Gasteiger partial charge in [-0.05, 0) is 12.3 Å². The Morgan fingerprint density at radius 3 is 2.05 bits per heavy atom. The SMILES string of the molecule is CC(OC1=C(Cl)C(=O)c2ccccc2C1=O)C(C)(C)C. The average Bonchev–Trinajstić information content (AvgIpc) is 2.39. The number of ketones is 2. The molecule has 1 aromatic carbocycles. The minimum Gasteiger partial charge on any atom is -0.484 e. The Morgan fingerprint density at radius 2 is 1.55 bits per heavy atom. The zero-order valence-corrected chi connectivity index (χ0v) is 12.7. The minimum atomic E-state index is -0.363. The number of carbonyl (C=O) groups excluding carboxylic acids is 2. The van der Waals surface area contributed by atoms with E-state index in [0.29, 0.717) is 11.1 Å². The van der Waals surface area contributed by atoms with Crippen molar-refractivity contribution in [3.8, 4) is 0 Å². The van der Waals surface area contributed by atoms with Crippen LogP contribution in [0.15, 0.2) is 35.1 Å². The van der Waals surface area contributed by atoms with Crippen molar-refractivity contribution in [1.82, 2.24) is 0 Å². The molecule has 4 heteroatoms. The summed E-state index contributed by atoms with van der Waals surface area (Å²) < 4.78 is 5.68. The van der Waals surface area contributed by atoms with Crippen LogP contribution in [0.5, 0.6) is 0 Å². The molecule has 0 radical (unpaired) electrons. The van der Waals surface area contributed by atoms with Gasteiger partial charge in [-0.15, -0.1) is 0 Å². The van der Waals surface area contributed by atoms with Crippen molar-refractivity contribution in [3.63, 3.8) is 0 Å². The number of allylic oxidation sites excluding steroid dienone is 2. The summed E-state index contributed by atoms with van der Waals surface area (Å²) in [6.07, 6.45) is -0.242. The van der Waals surface area contributed by atoms with Crippen LogP contribution in [0.25, 0.3) is 0 Å². The van der Waals surface area contributed by atoms with Crippen LogP contribution in [0.1, 0.15) is 48.4 Å². The fourth-order valence-corrected chi connectivity index (χ4v) is 2.01. The summed E-state index contributed by atoms with van der Waals surface area (Å²) in [6, 6.07) is 6.64. The standard InChI is InChI=1S/C16H17ClO3/c1-9(16(2,3)4)20-15-12(17)13(18)10-7-5-6-8-11(10)14(15)19/h5-9H,1-4H3. The van der Waals surface area contributed by atoms with Gasteiger partial charge in [0.05, 0.1) is 0 Å². The second-order valence-corrected chi connectivity index (χ2v) is 6.35. The van der Waals surface area contributed by atoms with Crippen LogP contribution in [0.2, 0.25) is 0 Å². The third-order valence-electron chi connectivity index (χ3n) is 3.54. The quantitative estimate of drug-likeness (QED) is 0.828. The van der Waals surface area contributed by atoms with E-state index in [1.165, 1.54) is 0 Å². The Kier molecular flexibility index (Phi) is 3.74. The second kappa shape index (κ2) is 5.06. The third kappa shape index (κ3) is 2.50. The monoisotopic (exact) mass is 292 g/mol. The van der Waals surface area contributed by atoms with Gasteiger partial charge >= 0.3 is 0 Å². The first-order valence-electron chi connectivity index (χ1n) is 6.48. The molecular weight excluding hydrogens is 276 g/mol. The largest absolute Gasteiger partial charge is 0.484 e. The van der Waals surface area contributed by atoms with Crippen molar-refractivity contribution < 1.29 is 14.3 Å². The number of hydrogen-bond donors (Lipinski definition) is 0. The number of hydrogen-bond acceptors (Lipinski definition) is 3. The maximum atomic E-state index is 12.4. The maximum Gasteiger partial charge on any atom is 0.230 e. The molecule has 0 bridgehead atoms. The Morgan fingerprint density at radius 1 is 1.05 bits per heavy atom. The molecule has 0 N–H and O–H groups in total. The van der Waals surface area contributed by atoms with E-state index in [0.717, 1.165) is 0 Å². The molecular formula is C16H17ClO3. The third-order valence-corrected chi connectivity index (χ3v) is 3.88. The lowest BCUT2D eigenvalue weighted by Crippen LogP contribution is -2.30. The van der Waals surface area contributed by atoms with E-state index in [2.05, 4.69) is 0 Å². The first-order valence-corrected chi connectivity index (χ1v) is 6.86. The lowest BCUT2D eigenvalue weighted by Gasteiger charge is -2.30. The number of rotatable bonds is 2. The van der Waals surface area contributed by atoms with Crippen LogP contribution in [-0.4, -0.2) is 17.7 Å². The van der Waals surface area contributed by atoms with Crippen LogP contribution in [0, 0.1) is 5.41 Å². The maximum absolute atomic E-state index is 12.4. The van der Waals surface area contributed by atoms with Crippen LogP contribution in [-0.2, 0) is 4.74 Å². The van der Waals surface area contributed by atoms with Crippen molar-refractivity contribution in [2.24, 2.45) is 5.41 Å². The van der Waals surface area contributed by atoms with Gasteiger partial charge in [-0.3, -0.25) is 9.59 Å². The highest BCUT2D eigenvalue weighted by Crippen LogP contribution is 2.32. The number of ether oxygens (including phenoxy) is 1. The summed E-state index contributed by atoms with van der Waals surface area (Å²) in [4.78, 5) is 24.6. The molecule has 0 aromatic heterocycles. The fourth-order valence-electron chi connectivity index (χ4n) is 1.78. The van der Waals surface area contributed by atoms with Gasteiger partial charge < -0.3 is 4.74 Å². The highest BCUT2D eigenvalue weighted by Gasteiger charge is 2.35. The second-order valence-electron chi connectivity index (χ2n) is 5.97. The molecule has 1 aliphatic rings. The van der Waals surface area contributed by atoms with Crippen LogP contribution < -0.4 is 0 Å². The van der Waals surface area contributed by atoms with E-state index in [1.54, 1.807) is 24.3 Å². The zero-order valence-electron chi connectivity index (χ0n) is 12.0. The van der Waals surface area contributed by atoms with E-state index in [9.17, 15) is 9.59 Å². The molecule has 0 heterocycles. The summed E-state index contributed by atoms with van der Waals surface area (Å²) in [5, 5.41) is -0.134. The lowest BCUT2D eigenvalue weighted by molar-refractivity contribution is 0.0350. The van der Waals surface area contributed by atoms with Gasteiger partial charge in [0.2, 0.25) is 11.6 Å². The Bertz CT molecular complexity index is 608. The molecule has 0 fully saturated rings. The molecule has 1 atom stereocenters. The summed E-state index contributed by atoms with van der Waals surface area (Å²) >= 11 is 6.03. The highest BCUT2D eigenvalue weighted by molar-refractivity contribution is 6.49. The van der Waals surface area contributed by atoms with E-state index < -0.39 is 0 Å². The minimum absolute atomic E-state index is 0.0437. The summed E-state index contributed by atoms with van der Waals surface area (Å²) in [7, 11) is 0. The molecule has 1 unspecified atom stereocenters. The van der Waals surface area contributed by atoms with Gasteiger partial charge in [-0.25, -0.2) is 0 Å². The molecule has 0 amide bonds. The van der Waals surface area contributed by atoms with Crippen molar-refractivity contribution >= 4 is 23.2 Å². The number of fused-ring (bicyclic) bond motifs is 1. The Hall–Kier alpha value is -1.61. The van der Waals surface area contributed by atoms with Gasteiger partial charge in [-0.1, -0.05) is 56.6 Å². The molecule has 3 nitrogen and oxygen atoms in total. The van der Waals surface area contributed by atoms with Crippen molar-refractivity contribution in [2.45, 2.75) is 33.8 Å². The van der Waals surface area contributed by atoms with Gasteiger partial charge in [0, 0.05) is 11.1 Å². The molecule has 1 aliphatic carbocycles. The topological polar surface area (TPSA) is 43.4 Å². The number of halogens is 1. The molecule has 0 spiro atoms. The summed E-state index contributed by atoms with van der Waals surface area (Å²) in [5.74, 6) is -0.739. The molecule has 2 rings (SSSR count). The van der Waals surface area contributed by atoms with E-state index in [4.69, 9.17) is 16.3 Å². The molecule has 106 valence electrons. The van der Waals surface area contributed by atoms with Crippen molar-refractivity contribution in [3.05, 3.63) is 46.2 Å². The fraction of sp³-hybridized carbons (Fsp3) is 0.375. The zero-order chi connectivity index (χ0) is 15.1. The number of Topliss-reactive ketones (excluding diaryl/α,β-unsaturated/α-hetero) is 2. The molecule has 0 saturated carbocycles. The summed E-state index contributed by atoms with van der Waals surface area (Å²) in [6.45, 7) is 7.84. The number of carbonyl (C=O) groups is 2. The van der Waals surface area contributed by atoms with Crippen LogP contribution in [0.4, 0.5) is 0 Å². The normalized spacial score (nSPS) is 17.1. The summed E-state index contributed by atoms with van der Waals surface area (Å²) in [5.41, 5.74) is 0.515. The number of benzene rings is 1. The average molecular weight is 293 g/mol. The van der Waals surface area contributed by atoms with E-state index in [-0.39, 0.29) is 33.9 Å². The van der Waals surface area contributed by atoms with Gasteiger partial charge in [0.1, 0.15) is 11.1 Å². The Labute approximate surface area is 123 Å². The van der Waals surface area contributed by atoms with Crippen LogP contribution >= 0.6 is 11.6 Å². The van der Waals surface area contributed by atoms with Crippen molar-refractivity contribution in [2.75, 3.05) is 0 Å². The first-order chi connectivity index (χ1) is 9.23. The van der Waals surface area contributed by atoms with E-state index >= 15 is 0 Å². The first kappa shape index (κ1) is 14.8. The van der Waals surface area contributed by atoms with Gasteiger partial charge in [0.15, 0.2) is 5.76 Å². The Balaban J connectivity index is 2.42.